The summed E-state index contributed by atoms with van der Waals surface area (Å²) in [6, 6.07) is 16.0. The van der Waals surface area contributed by atoms with Crippen molar-refractivity contribution in [2.24, 2.45) is 0 Å². The zero-order valence-corrected chi connectivity index (χ0v) is 19.0. The van der Waals surface area contributed by atoms with Crippen molar-refractivity contribution in [2.45, 2.75) is 13.8 Å². The van der Waals surface area contributed by atoms with Crippen LogP contribution in [0.25, 0.3) is 0 Å². The second-order valence-corrected chi connectivity index (χ2v) is 7.70. The van der Waals surface area contributed by atoms with E-state index >= 15 is 0 Å². The Morgan fingerprint density at radius 2 is 1.50 bits per heavy atom. The van der Waals surface area contributed by atoms with E-state index in [1.165, 1.54) is 25.2 Å². The molecule has 0 aliphatic carbocycles. The van der Waals surface area contributed by atoms with E-state index in [0.29, 0.717) is 29.3 Å². The van der Waals surface area contributed by atoms with Crippen LogP contribution in [0.2, 0.25) is 0 Å². The maximum absolute atomic E-state index is 13.1. The van der Waals surface area contributed by atoms with E-state index in [9.17, 15) is 19.2 Å². The van der Waals surface area contributed by atoms with Crippen LogP contribution in [0.1, 0.15) is 53.9 Å². The number of carbonyl (C=O) groups is 4. The van der Waals surface area contributed by atoms with Crippen LogP contribution in [0.3, 0.4) is 0 Å². The van der Waals surface area contributed by atoms with Crippen LogP contribution < -0.4 is 20.3 Å². The van der Waals surface area contributed by atoms with Gasteiger partial charge in [0.2, 0.25) is 0 Å². The highest BCUT2D eigenvalue weighted by atomic mass is 16.5. The summed E-state index contributed by atoms with van der Waals surface area (Å²) in [7, 11) is 1.53. The minimum Gasteiger partial charge on any atom is -0.494 e. The van der Waals surface area contributed by atoms with Gasteiger partial charge >= 0.3 is 0 Å². The number of hydrogen-bond acceptors (Lipinski definition) is 5. The topological polar surface area (TPSA) is 105 Å². The molecule has 3 aromatic rings. The highest BCUT2D eigenvalue weighted by Gasteiger charge is 2.37. The third-order valence-electron chi connectivity index (χ3n) is 5.53. The van der Waals surface area contributed by atoms with E-state index in [2.05, 4.69) is 10.6 Å². The van der Waals surface area contributed by atoms with Crippen molar-refractivity contribution in [3.05, 3.63) is 88.5 Å². The molecule has 0 saturated carbocycles. The van der Waals surface area contributed by atoms with E-state index < -0.39 is 17.7 Å². The van der Waals surface area contributed by atoms with Crippen molar-refractivity contribution in [1.29, 1.82) is 0 Å². The molecular weight excluding hydrogens is 434 g/mol. The Balaban J connectivity index is 1.59. The molecule has 8 nitrogen and oxygen atoms in total. The van der Waals surface area contributed by atoms with Crippen LogP contribution in [0, 0.1) is 6.92 Å². The fourth-order valence-electron chi connectivity index (χ4n) is 3.71. The second kappa shape index (κ2) is 9.19. The van der Waals surface area contributed by atoms with Crippen LogP contribution in [0.15, 0.2) is 60.7 Å². The fraction of sp³-hybridized carbons (Fsp3) is 0.154. The van der Waals surface area contributed by atoms with Crippen LogP contribution >= 0.6 is 0 Å². The molecule has 0 radical (unpaired) electrons. The first-order valence-electron chi connectivity index (χ1n) is 10.7. The summed E-state index contributed by atoms with van der Waals surface area (Å²) in [5.74, 6) is -1.05. The molecule has 1 heterocycles. The van der Waals surface area contributed by atoms with Gasteiger partial charge in [-0.3, -0.25) is 19.2 Å². The lowest BCUT2D eigenvalue weighted by Gasteiger charge is -2.14. The number of carbonyl (C=O) groups excluding carboxylic acids is 4. The summed E-state index contributed by atoms with van der Waals surface area (Å²) >= 11 is 0. The second-order valence-electron chi connectivity index (χ2n) is 7.70. The Bertz CT molecular complexity index is 1310. The molecule has 0 saturated heterocycles. The molecule has 0 atom stereocenters. The third kappa shape index (κ3) is 4.13. The highest BCUT2D eigenvalue weighted by Crippen LogP contribution is 2.30. The Morgan fingerprint density at radius 1 is 0.853 bits per heavy atom. The predicted molar refractivity (Wildman–Crippen MR) is 128 cm³/mol. The number of rotatable bonds is 6. The van der Waals surface area contributed by atoms with E-state index in [4.69, 9.17) is 4.74 Å². The lowest BCUT2D eigenvalue weighted by atomic mass is 10.0. The van der Waals surface area contributed by atoms with Crippen LogP contribution in [-0.4, -0.2) is 37.3 Å². The van der Waals surface area contributed by atoms with E-state index in [-0.39, 0.29) is 22.6 Å². The average molecular weight is 457 g/mol. The number of anilines is 2. The summed E-state index contributed by atoms with van der Waals surface area (Å²) in [4.78, 5) is 51.9. The lowest BCUT2D eigenvalue weighted by Crippen LogP contribution is -2.29. The van der Waals surface area contributed by atoms with Crippen molar-refractivity contribution in [3.63, 3.8) is 0 Å². The van der Waals surface area contributed by atoms with Gasteiger partial charge < -0.3 is 15.4 Å². The third-order valence-corrected chi connectivity index (χ3v) is 5.53. The molecule has 4 amide bonds. The first kappa shape index (κ1) is 22.7. The smallest absolute Gasteiger partial charge is 0.266 e. The summed E-state index contributed by atoms with van der Waals surface area (Å²) in [5, 5.41) is 5.33. The number of nitrogens with one attached hydrogen (secondary N) is 2. The lowest BCUT2D eigenvalue weighted by molar-refractivity contribution is 0.0922. The van der Waals surface area contributed by atoms with Gasteiger partial charge in [0.25, 0.3) is 23.6 Å². The molecule has 8 heteroatoms. The van der Waals surface area contributed by atoms with E-state index in [0.717, 1.165) is 10.5 Å². The first-order valence-corrected chi connectivity index (χ1v) is 10.7. The van der Waals surface area contributed by atoms with Crippen LogP contribution in [0.5, 0.6) is 5.75 Å². The monoisotopic (exact) mass is 457 g/mol. The largest absolute Gasteiger partial charge is 0.494 e. The molecule has 1 aliphatic heterocycles. The van der Waals surface area contributed by atoms with Crippen molar-refractivity contribution in [2.75, 3.05) is 23.9 Å². The van der Waals surface area contributed by atoms with Crippen LogP contribution in [0.4, 0.5) is 11.4 Å². The minimum atomic E-state index is -0.503. The normalized spacial score (nSPS) is 12.4. The van der Waals surface area contributed by atoms with E-state index in [1.54, 1.807) is 42.5 Å². The van der Waals surface area contributed by atoms with E-state index in [1.807, 2.05) is 13.8 Å². The van der Waals surface area contributed by atoms with Gasteiger partial charge in [-0.2, -0.15) is 0 Å². The van der Waals surface area contributed by atoms with Crippen molar-refractivity contribution in [1.82, 2.24) is 5.32 Å². The standard InChI is InChI=1S/C26H23N3O5/c1-4-34-19-10-8-18(9-11-19)29-25(32)20-12-7-16(13-21(20)26(29)33)24(31)28-22-14-17(23(30)27-3)6-5-15(22)2/h5-14H,4H2,1-3H3,(H,27,30)(H,28,31). The van der Waals surface area contributed by atoms with Crippen molar-refractivity contribution in [3.8, 4) is 5.75 Å². The quantitative estimate of drug-likeness (QED) is 0.548. The molecule has 1 aliphatic rings. The van der Waals surface area contributed by atoms with Gasteiger partial charge in [-0.05, 0) is 74.0 Å². The van der Waals surface area contributed by atoms with Gasteiger partial charge in [0.15, 0.2) is 0 Å². The summed E-state index contributed by atoms with van der Waals surface area (Å²) in [6.45, 7) is 4.18. The molecule has 0 bridgehead atoms. The summed E-state index contributed by atoms with van der Waals surface area (Å²) in [6.07, 6.45) is 0. The zero-order valence-electron chi connectivity index (χ0n) is 19.0. The number of nitrogens with zero attached hydrogens (tertiary/aromatic N) is 1. The molecule has 2 N–H and O–H groups in total. The molecule has 3 aromatic carbocycles. The summed E-state index contributed by atoms with van der Waals surface area (Å²) in [5.41, 5.74) is 2.68. The van der Waals surface area contributed by atoms with Crippen LogP contribution in [-0.2, 0) is 0 Å². The van der Waals surface area contributed by atoms with Gasteiger partial charge in [0, 0.05) is 23.9 Å². The predicted octanol–water partition coefficient (Wildman–Crippen LogP) is 3.81. The Labute approximate surface area is 196 Å². The number of hydrogen-bond donors (Lipinski definition) is 2. The number of imide groups is 1. The SMILES string of the molecule is CCOc1ccc(N2C(=O)c3ccc(C(=O)Nc4cc(C(=O)NC)ccc4C)cc3C2=O)cc1. The zero-order chi connectivity index (χ0) is 24.4. The fourth-order valence-corrected chi connectivity index (χ4v) is 3.71. The molecule has 0 fully saturated rings. The Morgan fingerprint density at radius 3 is 2.18 bits per heavy atom. The van der Waals surface area contributed by atoms with Crippen molar-refractivity contribution < 1.29 is 23.9 Å². The minimum absolute atomic E-state index is 0.155. The number of ether oxygens (including phenoxy) is 1. The molecule has 0 spiro atoms. The molecule has 0 aromatic heterocycles. The van der Waals surface area contributed by atoms with Gasteiger partial charge in [0.1, 0.15) is 5.75 Å². The first-order chi connectivity index (χ1) is 16.3. The molecule has 172 valence electrons. The average Bonchev–Trinajstić information content (AvgIpc) is 3.10. The molecule has 4 rings (SSSR count). The van der Waals surface area contributed by atoms with Gasteiger partial charge in [-0.1, -0.05) is 6.07 Å². The number of amides is 4. The molecule has 0 unspecified atom stereocenters. The number of fused-ring (bicyclic) bond motifs is 1. The highest BCUT2D eigenvalue weighted by molar-refractivity contribution is 6.34. The Kier molecular flexibility index (Phi) is 6.14. The maximum Gasteiger partial charge on any atom is 0.266 e. The number of benzene rings is 3. The Hall–Kier alpha value is -4.46. The summed E-state index contributed by atoms with van der Waals surface area (Å²) < 4.78 is 5.41. The molecular formula is C26H23N3O5. The maximum atomic E-state index is 13.1. The molecule has 34 heavy (non-hydrogen) atoms. The number of aryl methyl sites for hydroxylation is 1. The van der Waals surface area contributed by atoms with Gasteiger partial charge in [0.05, 0.1) is 23.4 Å². The van der Waals surface area contributed by atoms with Gasteiger partial charge in [-0.15, -0.1) is 0 Å². The van der Waals surface area contributed by atoms with Gasteiger partial charge in [-0.25, -0.2) is 4.90 Å². The van der Waals surface area contributed by atoms with Crippen molar-refractivity contribution >= 4 is 35.0 Å².